The molecule has 1 rings (SSSR count). The molecule has 0 fully saturated rings. The van der Waals surface area contributed by atoms with Crippen molar-refractivity contribution in [3.63, 3.8) is 0 Å². The van der Waals surface area contributed by atoms with Gasteiger partial charge in [-0.2, -0.15) is 0 Å². The number of ketones is 1. The van der Waals surface area contributed by atoms with E-state index in [1.54, 1.807) is 0 Å². The number of H-pyrrole nitrogens is 1. The van der Waals surface area contributed by atoms with Gasteiger partial charge in [0, 0.05) is 18.7 Å². The Morgan fingerprint density at radius 2 is 2.43 bits per heavy atom. The predicted molar refractivity (Wildman–Crippen MR) is 55.5 cm³/mol. The number of carbonyl (C=O) groups excluding carboxylic acids is 1. The van der Waals surface area contributed by atoms with Gasteiger partial charge in [-0.25, -0.2) is 4.98 Å². The summed E-state index contributed by atoms with van der Waals surface area (Å²) < 4.78 is 0. The van der Waals surface area contributed by atoms with Crippen molar-refractivity contribution in [1.29, 1.82) is 0 Å². The highest BCUT2D eigenvalue weighted by Gasteiger charge is 2.02. The van der Waals surface area contributed by atoms with Crippen molar-refractivity contribution in [3.8, 4) is 0 Å². The van der Waals surface area contributed by atoms with Crippen LogP contribution in [0.5, 0.6) is 0 Å². The summed E-state index contributed by atoms with van der Waals surface area (Å²) in [5.74, 6) is 0.560. The van der Waals surface area contributed by atoms with Gasteiger partial charge in [-0.3, -0.25) is 9.59 Å². The second kappa shape index (κ2) is 5.59. The topological polar surface area (TPSA) is 62.8 Å². The summed E-state index contributed by atoms with van der Waals surface area (Å²) >= 11 is 1.27. The maximum absolute atomic E-state index is 11.2. The van der Waals surface area contributed by atoms with Crippen LogP contribution < -0.4 is 5.56 Å². The third-order valence-corrected chi connectivity index (χ3v) is 2.49. The first-order valence-electron chi connectivity index (χ1n) is 4.42. The van der Waals surface area contributed by atoms with Crippen molar-refractivity contribution in [1.82, 2.24) is 9.97 Å². The van der Waals surface area contributed by atoms with Crippen molar-refractivity contribution in [2.24, 2.45) is 0 Å². The molecule has 0 aliphatic heterocycles. The summed E-state index contributed by atoms with van der Waals surface area (Å²) in [5.41, 5.74) is -0.189. The minimum Gasteiger partial charge on any atom is -0.301 e. The average molecular weight is 212 g/mol. The van der Waals surface area contributed by atoms with Gasteiger partial charge in [-0.15, -0.1) is 0 Å². The van der Waals surface area contributed by atoms with Gasteiger partial charge in [-0.05, 0) is 6.42 Å². The molecule has 1 heterocycles. The first-order chi connectivity index (χ1) is 6.72. The van der Waals surface area contributed by atoms with E-state index in [0.717, 1.165) is 6.42 Å². The predicted octanol–water partition coefficient (Wildman–Crippen LogP) is 1.23. The number of carbonyl (C=O) groups is 1. The third kappa shape index (κ3) is 3.74. The fourth-order valence-corrected chi connectivity index (χ4v) is 1.68. The van der Waals surface area contributed by atoms with Gasteiger partial charge in [-0.1, -0.05) is 18.7 Å². The van der Waals surface area contributed by atoms with Crippen molar-refractivity contribution in [2.45, 2.75) is 24.9 Å². The molecule has 0 aromatic carbocycles. The molecule has 0 unspecified atom stereocenters. The first kappa shape index (κ1) is 11.0. The van der Waals surface area contributed by atoms with Gasteiger partial charge in [0.05, 0.1) is 5.75 Å². The Balaban J connectivity index is 2.46. The van der Waals surface area contributed by atoms with E-state index in [4.69, 9.17) is 0 Å². The van der Waals surface area contributed by atoms with E-state index in [1.807, 2.05) is 6.92 Å². The third-order valence-electron chi connectivity index (χ3n) is 1.55. The van der Waals surface area contributed by atoms with Gasteiger partial charge in [0.2, 0.25) is 0 Å². The Kier molecular flexibility index (Phi) is 4.39. The SMILES string of the molecule is CCCC(=O)CSc1nccc(=O)[nH]1. The second-order valence-electron chi connectivity index (χ2n) is 2.82. The second-order valence-corrected chi connectivity index (χ2v) is 3.78. The van der Waals surface area contributed by atoms with Crippen LogP contribution >= 0.6 is 11.8 Å². The average Bonchev–Trinajstić information content (AvgIpc) is 2.15. The van der Waals surface area contributed by atoms with Crippen molar-refractivity contribution in [3.05, 3.63) is 22.6 Å². The van der Waals surface area contributed by atoms with E-state index >= 15 is 0 Å². The van der Waals surface area contributed by atoms with Crippen LogP contribution in [0.15, 0.2) is 22.2 Å². The molecule has 14 heavy (non-hydrogen) atoms. The zero-order chi connectivity index (χ0) is 10.4. The Morgan fingerprint density at radius 3 is 3.07 bits per heavy atom. The van der Waals surface area contributed by atoms with Crippen LogP contribution in [0.3, 0.4) is 0 Å². The zero-order valence-electron chi connectivity index (χ0n) is 7.95. The summed E-state index contributed by atoms with van der Waals surface area (Å²) in [5, 5.41) is 0.502. The molecule has 0 aliphatic carbocycles. The number of rotatable bonds is 5. The van der Waals surface area contributed by atoms with Crippen LogP contribution in [0.25, 0.3) is 0 Å². The van der Waals surface area contributed by atoms with Gasteiger partial charge >= 0.3 is 0 Å². The van der Waals surface area contributed by atoms with Crippen LogP contribution in [0.2, 0.25) is 0 Å². The van der Waals surface area contributed by atoms with E-state index in [1.165, 1.54) is 24.0 Å². The number of aromatic nitrogens is 2. The highest BCUT2D eigenvalue weighted by atomic mass is 32.2. The Labute approximate surface area is 86.1 Å². The number of nitrogens with one attached hydrogen (secondary N) is 1. The smallest absolute Gasteiger partial charge is 0.251 e. The van der Waals surface area contributed by atoms with Gasteiger partial charge in [0.25, 0.3) is 5.56 Å². The van der Waals surface area contributed by atoms with Crippen molar-refractivity contribution < 1.29 is 4.79 Å². The normalized spacial score (nSPS) is 10.1. The molecule has 0 atom stereocenters. The summed E-state index contributed by atoms with van der Waals surface area (Å²) in [6, 6.07) is 1.35. The molecule has 1 aromatic rings. The van der Waals surface area contributed by atoms with E-state index in [-0.39, 0.29) is 11.3 Å². The maximum Gasteiger partial charge on any atom is 0.251 e. The van der Waals surface area contributed by atoms with Crippen molar-refractivity contribution >= 4 is 17.5 Å². The summed E-state index contributed by atoms with van der Waals surface area (Å²) in [7, 11) is 0. The molecule has 5 heteroatoms. The molecule has 0 saturated heterocycles. The first-order valence-corrected chi connectivity index (χ1v) is 5.40. The molecule has 1 aromatic heterocycles. The number of hydrogen-bond acceptors (Lipinski definition) is 4. The van der Waals surface area contributed by atoms with Crippen LogP contribution in [0, 0.1) is 0 Å². The molecule has 1 N–H and O–H groups in total. The lowest BCUT2D eigenvalue weighted by Crippen LogP contribution is -2.07. The Morgan fingerprint density at radius 1 is 1.64 bits per heavy atom. The van der Waals surface area contributed by atoms with Crippen LogP contribution in [0.1, 0.15) is 19.8 Å². The standard InChI is InChI=1S/C9H12N2O2S/c1-2-3-7(12)6-14-9-10-5-4-8(13)11-9/h4-5H,2-3,6H2,1H3,(H,10,11,13). The highest BCUT2D eigenvalue weighted by Crippen LogP contribution is 2.10. The largest absolute Gasteiger partial charge is 0.301 e. The monoisotopic (exact) mass is 212 g/mol. The molecule has 0 saturated carbocycles. The minimum absolute atomic E-state index is 0.184. The number of aromatic amines is 1. The number of thioether (sulfide) groups is 1. The van der Waals surface area contributed by atoms with E-state index in [9.17, 15) is 9.59 Å². The zero-order valence-corrected chi connectivity index (χ0v) is 8.76. The minimum atomic E-state index is -0.189. The van der Waals surface area contributed by atoms with Crippen LogP contribution in [-0.4, -0.2) is 21.5 Å². The van der Waals surface area contributed by atoms with E-state index in [2.05, 4.69) is 9.97 Å². The van der Waals surface area contributed by atoms with Crippen LogP contribution in [0.4, 0.5) is 0 Å². The van der Waals surface area contributed by atoms with Gasteiger partial charge in [0.1, 0.15) is 5.78 Å². The Bertz CT molecular complexity index is 362. The molecule has 0 radical (unpaired) electrons. The van der Waals surface area contributed by atoms with Crippen LogP contribution in [-0.2, 0) is 4.79 Å². The molecule has 0 amide bonds. The fourth-order valence-electron chi connectivity index (χ4n) is 0.925. The molecule has 4 nitrogen and oxygen atoms in total. The molecule has 0 aliphatic rings. The number of nitrogens with zero attached hydrogens (tertiary/aromatic N) is 1. The molecule has 0 spiro atoms. The van der Waals surface area contributed by atoms with Gasteiger partial charge < -0.3 is 4.98 Å². The molecule has 0 bridgehead atoms. The number of hydrogen-bond donors (Lipinski definition) is 1. The highest BCUT2D eigenvalue weighted by molar-refractivity contribution is 7.99. The lowest BCUT2D eigenvalue weighted by atomic mass is 10.3. The maximum atomic E-state index is 11.2. The molecule has 76 valence electrons. The summed E-state index contributed by atoms with van der Waals surface area (Å²) in [6.07, 6.45) is 2.88. The van der Waals surface area contributed by atoms with E-state index in [0.29, 0.717) is 17.3 Å². The lowest BCUT2D eigenvalue weighted by Gasteiger charge is -1.98. The van der Waals surface area contributed by atoms with Gasteiger partial charge in [0.15, 0.2) is 5.16 Å². The molecular weight excluding hydrogens is 200 g/mol. The Hall–Kier alpha value is -1.10. The lowest BCUT2D eigenvalue weighted by molar-refractivity contribution is -0.116. The quantitative estimate of drug-likeness (QED) is 0.589. The molecular formula is C9H12N2O2S. The number of Topliss-reactive ketones (excluding diaryl/α,β-unsaturated/α-hetero) is 1. The summed E-state index contributed by atoms with van der Waals surface area (Å²) in [4.78, 5) is 28.5. The van der Waals surface area contributed by atoms with Crippen molar-refractivity contribution in [2.75, 3.05) is 5.75 Å². The summed E-state index contributed by atoms with van der Waals surface area (Å²) in [6.45, 7) is 1.96. The van der Waals surface area contributed by atoms with E-state index < -0.39 is 0 Å². The fraction of sp³-hybridized carbons (Fsp3) is 0.444.